The zero-order valence-electron chi connectivity index (χ0n) is 14.8. The van der Waals surface area contributed by atoms with Crippen LogP contribution in [0.15, 0.2) is 48.5 Å². The molecule has 1 fully saturated rings. The summed E-state index contributed by atoms with van der Waals surface area (Å²) in [7, 11) is 1.51. The molecule has 1 atom stereocenters. The molecule has 7 heteroatoms. The number of amides is 2. The Morgan fingerprint density at radius 3 is 2.00 bits per heavy atom. The minimum atomic E-state index is -1.19. The Kier molecular flexibility index (Phi) is 5.40. The standard InChI is InChI=1S/C20H20N2O5/c1-27-16-10-6-12(7-11-16)17(20(25)26)22-19(24)14-4-2-13(3-5-14)18(23)21-15-8-9-15/h2-7,10-11,15,17H,8-9H2,1H3,(H,21,23)(H,22,24)(H,25,26). The van der Waals surface area contributed by atoms with Crippen molar-refractivity contribution in [2.45, 2.75) is 24.9 Å². The van der Waals surface area contributed by atoms with Crippen LogP contribution >= 0.6 is 0 Å². The molecule has 0 aliphatic heterocycles. The van der Waals surface area contributed by atoms with Gasteiger partial charge in [-0.15, -0.1) is 0 Å². The molecule has 1 saturated carbocycles. The van der Waals surface area contributed by atoms with Crippen molar-refractivity contribution in [3.8, 4) is 5.75 Å². The molecule has 0 saturated heterocycles. The third-order valence-corrected chi connectivity index (χ3v) is 4.29. The van der Waals surface area contributed by atoms with E-state index < -0.39 is 17.9 Å². The van der Waals surface area contributed by atoms with Gasteiger partial charge in [-0.1, -0.05) is 12.1 Å². The maximum absolute atomic E-state index is 12.4. The number of rotatable bonds is 7. The van der Waals surface area contributed by atoms with Crippen LogP contribution in [0.4, 0.5) is 0 Å². The molecule has 0 spiro atoms. The van der Waals surface area contributed by atoms with Gasteiger partial charge in [0.15, 0.2) is 6.04 Å². The quantitative estimate of drug-likeness (QED) is 0.694. The largest absolute Gasteiger partial charge is 0.497 e. The lowest BCUT2D eigenvalue weighted by Gasteiger charge is -2.15. The van der Waals surface area contributed by atoms with Gasteiger partial charge in [0, 0.05) is 17.2 Å². The summed E-state index contributed by atoms with van der Waals surface area (Å²) in [5.74, 6) is -1.29. The molecule has 0 bridgehead atoms. The number of nitrogens with one attached hydrogen (secondary N) is 2. The van der Waals surface area contributed by atoms with Gasteiger partial charge in [-0.2, -0.15) is 0 Å². The highest BCUT2D eigenvalue weighted by Crippen LogP contribution is 2.20. The molecule has 140 valence electrons. The van der Waals surface area contributed by atoms with E-state index in [0.717, 1.165) is 12.8 Å². The normalized spacial score (nSPS) is 14.1. The molecular weight excluding hydrogens is 348 g/mol. The second-order valence-corrected chi connectivity index (χ2v) is 6.34. The Hall–Kier alpha value is -3.35. The molecule has 1 unspecified atom stereocenters. The Labute approximate surface area is 156 Å². The summed E-state index contributed by atoms with van der Waals surface area (Å²) < 4.78 is 5.05. The monoisotopic (exact) mass is 368 g/mol. The van der Waals surface area contributed by atoms with E-state index in [1.807, 2.05) is 0 Å². The lowest BCUT2D eigenvalue weighted by molar-refractivity contribution is -0.139. The fourth-order valence-electron chi connectivity index (χ4n) is 2.57. The zero-order valence-corrected chi connectivity index (χ0v) is 14.8. The number of aliphatic carboxylic acids is 1. The van der Waals surface area contributed by atoms with Crippen molar-refractivity contribution in [3.63, 3.8) is 0 Å². The van der Waals surface area contributed by atoms with E-state index >= 15 is 0 Å². The summed E-state index contributed by atoms with van der Waals surface area (Å²) in [6.45, 7) is 0. The number of carboxylic acid groups (broad SMARTS) is 1. The van der Waals surface area contributed by atoms with Gasteiger partial charge in [0.25, 0.3) is 11.8 Å². The number of methoxy groups -OCH3 is 1. The Bertz CT molecular complexity index is 842. The predicted molar refractivity (Wildman–Crippen MR) is 97.8 cm³/mol. The van der Waals surface area contributed by atoms with Gasteiger partial charge in [-0.3, -0.25) is 9.59 Å². The van der Waals surface area contributed by atoms with Crippen LogP contribution in [0.5, 0.6) is 5.75 Å². The second kappa shape index (κ2) is 7.90. The fraction of sp³-hybridized carbons (Fsp3) is 0.250. The summed E-state index contributed by atoms with van der Waals surface area (Å²) in [6.07, 6.45) is 1.99. The maximum Gasteiger partial charge on any atom is 0.330 e. The van der Waals surface area contributed by atoms with Crippen molar-refractivity contribution in [2.75, 3.05) is 7.11 Å². The first-order valence-electron chi connectivity index (χ1n) is 8.56. The SMILES string of the molecule is COc1ccc(C(NC(=O)c2ccc(C(=O)NC3CC3)cc2)C(=O)O)cc1. The van der Waals surface area contributed by atoms with E-state index in [9.17, 15) is 19.5 Å². The fourth-order valence-corrected chi connectivity index (χ4v) is 2.57. The first-order chi connectivity index (χ1) is 13.0. The first-order valence-corrected chi connectivity index (χ1v) is 8.56. The van der Waals surface area contributed by atoms with Crippen LogP contribution in [-0.2, 0) is 4.79 Å². The van der Waals surface area contributed by atoms with E-state index in [1.165, 1.54) is 19.2 Å². The molecule has 0 radical (unpaired) electrons. The van der Waals surface area contributed by atoms with Crippen molar-refractivity contribution >= 4 is 17.8 Å². The lowest BCUT2D eigenvalue weighted by atomic mass is 10.1. The molecule has 3 rings (SSSR count). The first kappa shape index (κ1) is 18.4. The summed E-state index contributed by atoms with van der Waals surface area (Å²) in [4.78, 5) is 36.0. The molecule has 1 aliphatic carbocycles. The lowest BCUT2D eigenvalue weighted by Crippen LogP contribution is -2.33. The topological polar surface area (TPSA) is 105 Å². The molecule has 7 nitrogen and oxygen atoms in total. The number of ether oxygens (including phenoxy) is 1. The Balaban J connectivity index is 1.69. The smallest absolute Gasteiger partial charge is 0.330 e. The molecular formula is C20H20N2O5. The van der Waals surface area contributed by atoms with Crippen molar-refractivity contribution in [1.82, 2.24) is 10.6 Å². The average Bonchev–Trinajstić information content (AvgIpc) is 3.50. The van der Waals surface area contributed by atoms with Crippen LogP contribution in [0.1, 0.15) is 45.2 Å². The highest BCUT2D eigenvalue weighted by atomic mass is 16.5. The Morgan fingerprint density at radius 1 is 0.963 bits per heavy atom. The molecule has 0 heterocycles. The molecule has 3 N–H and O–H groups in total. The number of carboxylic acids is 1. The number of hydrogen-bond acceptors (Lipinski definition) is 4. The molecule has 2 aromatic rings. The van der Waals surface area contributed by atoms with Gasteiger partial charge < -0.3 is 20.5 Å². The van der Waals surface area contributed by atoms with Gasteiger partial charge in [-0.25, -0.2) is 4.79 Å². The minimum absolute atomic E-state index is 0.175. The molecule has 0 aromatic heterocycles. The summed E-state index contributed by atoms with van der Waals surface area (Å²) in [5.41, 5.74) is 1.17. The third-order valence-electron chi connectivity index (χ3n) is 4.29. The highest BCUT2D eigenvalue weighted by molar-refractivity contribution is 5.99. The van der Waals surface area contributed by atoms with Crippen molar-refractivity contribution in [1.29, 1.82) is 0 Å². The number of hydrogen-bond donors (Lipinski definition) is 3. The van der Waals surface area contributed by atoms with E-state index in [0.29, 0.717) is 16.9 Å². The van der Waals surface area contributed by atoms with E-state index in [-0.39, 0.29) is 17.5 Å². The highest BCUT2D eigenvalue weighted by Gasteiger charge is 2.25. The summed E-state index contributed by atoms with van der Waals surface area (Å²) in [6, 6.07) is 11.6. The van der Waals surface area contributed by atoms with Gasteiger partial charge in [0.2, 0.25) is 0 Å². The molecule has 27 heavy (non-hydrogen) atoms. The molecule has 2 amide bonds. The summed E-state index contributed by atoms with van der Waals surface area (Å²) in [5, 5.41) is 14.8. The van der Waals surface area contributed by atoms with Crippen LogP contribution in [0.25, 0.3) is 0 Å². The van der Waals surface area contributed by atoms with Crippen LogP contribution in [-0.4, -0.2) is 36.0 Å². The van der Waals surface area contributed by atoms with Crippen LogP contribution < -0.4 is 15.4 Å². The van der Waals surface area contributed by atoms with Gasteiger partial charge in [-0.05, 0) is 54.8 Å². The van der Waals surface area contributed by atoms with E-state index in [2.05, 4.69) is 10.6 Å². The van der Waals surface area contributed by atoms with Gasteiger partial charge in [0.1, 0.15) is 5.75 Å². The third kappa shape index (κ3) is 4.63. The predicted octanol–water partition coefficient (Wildman–Crippen LogP) is 2.14. The van der Waals surface area contributed by atoms with Crippen LogP contribution in [0.3, 0.4) is 0 Å². The van der Waals surface area contributed by atoms with E-state index in [4.69, 9.17) is 4.74 Å². The van der Waals surface area contributed by atoms with E-state index in [1.54, 1.807) is 36.4 Å². The summed E-state index contributed by atoms with van der Waals surface area (Å²) >= 11 is 0. The maximum atomic E-state index is 12.4. The average molecular weight is 368 g/mol. The van der Waals surface area contributed by atoms with Crippen molar-refractivity contribution in [3.05, 3.63) is 65.2 Å². The number of carbonyl (C=O) groups excluding carboxylic acids is 2. The van der Waals surface area contributed by atoms with Crippen molar-refractivity contribution < 1.29 is 24.2 Å². The zero-order chi connectivity index (χ0) is 19.4. The Morgan fingerprint density at radius 2 is 1.52 bits per heavy atom. The molecule has 2 aromatic carbocycles. The van der Waals surface area contributed by atoms with Gasteiger partial charge in [0.05, 0.1) is 7.11 Å². The van der Waals surface area contributed by atoms with Crippen molar-refractivity contribution in [2.24, 2.45) is 0 Å². The van der Waals surface area contributed by atoms with Crippen LogP contribution in [0, 0.1) is 0 Å². The second-order valence-electron chi connectivity index (χ2n) is 6.34. The number of benzene rings is 2. The molecule has 1 aliphatic rings. The van der Waals surface area contributed by atoms with Gasteiger partial charge >= 0.3 is 5.97 Å². The number of carbonyl (C=O) groups is 3. The van der Waals surface area contributed by atoms with Crippen LogP contribution in [0.2, 0.25) is 0 Å². The minimum Gasteiger partial charge on any atom is -0.497 e.